The van der Waals surface area contributed by atoms with Crippen LogP contribution in [0.5, 0.6) is 0 Å². The van der Waals surface area contributed by atoms with Crippen molar-refractivity contribution in [2.24, 2.45) is 0 Å². The van der Waals surface area contributed by atoms with E-state index in [0.717, 1.165) is 24.9 Å². The molecule has 0 aliphatic heterocycles. The van der Waals surface area contributed by atoms with Crippen LogP contribution in [0.15, 0.2) is 38.6 Å². The number of aliphatic hydroxyl groups excluding tert-OH is 1. The Balaban J connectivity index is 2.45. The quantitative estimate of drug-likeness (QED) is 0.824. The molecule has 0 aliphatic carbocycles. The molecule has 4 heteroatoms. The fraction of sp³-hybridized carbons (Fsp3) is 0.167. The van der Waals surface area contributed by atoms with Crippen molar-refractivity contribution >= 4 is 43.2 Å². The Labute approximate surface area is 115 Å². The lowest BCUT2D eigenvalue weighted by Gasteiger charge is -2.13. The summed E-state index contributed by atoms with van der Waals surface area (Å²) in [6.45, 7) is 2.01. The minimum Gasteiger partial charge on any atom is -0.383 e. The molecule has 1 aromatic carbocycles. The van der Waals surface area contributed by atoms with Crippen molar-refractivity contribution in [2.45, 2.75) is 13.0 Å². The average Bonchev–Trinajstić information content (AvgIpc) is 2.67. The highest BCUT2D eigenvalue weighted by molar-refractivity contribution is 9.10. The first-order valence-corrected chi connectivity index (χ1v) is 7.23. The van der Waals surface area contributed by atoms with E-state index >= 15 is 0 Å². The first kappa shape index (κ1) is 12.3. The Bertz CT molecular complexity index is 507. The second kappa shape index (κ2) is 5.00. The van der Waals surface area contributed by atoms with Crippen LogP contribution in [0.1, 0.15) is 22.1 Å². The summed E-state index contributed by atoms with van der Waals surface area (Å²) in [5.74, 6) is 0. The van der Waals surface area contributed by atoms with E-state index in [1.807, 2.05) is 36.6 Å². The minimum absolute atomic E-state index is 0.563. The Hall–Kier alpha value is -0.160. The summed E-state index contributed by atoms with van der Waals surface area (Å²) < 4.78 is 1.95. The van der Waals surface area contributed by atoms with E-state index in [9.17, 15) is 5.11 Å². The predicted octanol–water partition coefficient (Wildman–Crippen LogP) is 4.66. The predicted molar refractivity (Wildman–Crippen MR) is 75.0 cm³/mol. The third kappa shape index (κ3) is 2.40. The Morgan fingerprint density at radius 3 is 2.62 bits per heavy atom. The molecule has 16 heavy (non-hydrogen) atoms. The van der Waals surface area contributed by atoms with Gasteiger partial charge in [-0.25, -0.2) is 0 Å². The number of aryl methyl sites for hydroxylation is 1. The van der Waals surface area contributed by atoms with Gasteiger partial charge in [0.25, 0.3) is 0 Å². The standard InChI is InChI=1S/C12H10Br2OS/c1-7-2-3-8(13)6-9(7)11(15)12-10(14)4-5-16-12/h2-6,11,15H,1H3. The number of aliphatic hydroxyl groups is 1. The van der Waals surface area contributed by atoms with Gasteiger partial charge in [-0.15, -0.1) is 11.3 Å². The number of benzene rings is 1. The van der Waals surface area contributed by atoms with Crippen LogP contribution in [0.25, 0.3) is 0 Å². The first-order valence-electron chi connectivity index (χ1n) is 4.76. The van der Waals surface area contributed by atoms with Gasteiger partial charge in [0.15, 0.2) is 0 Å². The second-order valence-corrected chi connectivity index (χ2v) is 6.25. The lowest BCUT2D eigenvalue weighted by atomic mass is 10.0. The largest absolute Gasteiger partial charge is 0.383 e. The van der Waals surface area contributed by atoms with Crippen LogP contribution in [-0.2, 0) is 0 Å². The number of thiophene rings is 1. The molecule has 2 aromatic rings. The number of halogens is 2. The molecular weight excluding hydrogens is 352 g/mol. The van der Waals surface area contributed by atoms with Gasteiger partial charge >= 0.3 is 0 Å². The van der Waals surface area contributed by atoms with E-state index in [1.54, 1.807) is 11.3 Å². The Morgan fingerprint density at radius 2 is 2.00 bits per heavy atom. The van der Waals surface area contributed by atoms with Gasteiger partial charge in [-0.2, -0.15) is 0 Å². The van der Waals surface area contributed by atoms with Gasteiger partial charge in [0.2, 0.25) is 0 Å². The summed E-state index contributed by atoms with van der Waals surface area (Å²) in [6.07, 6.45) is -0.563. The smallest absolute Gasteiger partial charge is 0.115 e. The zero-order valence-electron chi connectivity index (χ0n) is 8.58. The number of hydrogen-bond donors (Lipinski definition) is 1. The van der Waals surface area contributed by atoms with Crippen molar-refractivity contribution in [1.29, 1.82) is 0 Å². The highest BCUT2D eigenvalue weighted by Crippen LogP contribution is 2.35. The maximum atomic E-state index is 10.3. The van der Waals surface area contributed by atoms with Crippen LogP contribution in [0.2, 0.25) is 0 Å². The molecule has 2 rings (SSSR count). The van der Waals surface area contributed by atoms with Gasteiger partial charge in [-0.05, 0) is 57.6 Å². The highest BCUT2D eigenvalue weighted by atomic mass is 79.9. The van der Waals surface area contributed by atoms with Gasteiger partial charge in [0.1, 0.15) is 6.10 Å². The van der Waals surface area contributed by atoms with E-state index in [0.29, 0.717) is 0 Å². The first-order chi connectivity index (χ1) is 7.59. The molecule has 0 spiro atoms. The van der Waals surface area contributed by atoms with Gasteiger partial charge in [-0.1, -0.05) is 22.0 Å². The fourth-order valence-corrected chi connectivity index (χ4v) is 3.52. The van der Waals surface area contributed by atoms with Crippen LogP contribution < -0.4 is 0 Å². The molecule has 0 bridgehead atoms. The van der Waals surface area contributed by atoms with Crippen molar-refractivity contribution in [1.82, 2.24) is 0 Å². The molecule has 0 amide bonds. The van der Waals surface area contributed by atoms with Crippen LogP contribution >= 0.6 is 43.2 Å². The average molecular weight is 362 g/mol. The zero-order valence-corrected chi connectivity index (χ0v) is 12.6. The summed E-state index contributed by atoms with van der Waals surface area (Å²) in [5, 5.41) is 12.3. The lowest BCUT2D eigenvalue weighted by Crippen LogP contribution is -2.00. The zero-order chi connectivity index (χ0) is 11.7. The molecule has 0 aliphatic rings. The summed E-state index contributed by atoms with van der Waals surface area (Å²) in [7, 11) is 0. The van der Waals surface area contributed by atoms with Gasteiger partial charge in [-0.3, -0.25) is 0 Å². The Kier molecular flexibility index (Phi) is 3.85. The SMILES string of the molecule is Cc1ccc(Br)cc1C(O)c1sccc1Br. The van der Waals surface area contributed by atoms with Crippen LogP contribution in [-0.4, -0.2) is 5.11 Å². The van der Waals surface area contributed by atoms with Gasteiger partial charge < -0.3 is 5.11 Å². The van der Waals surface area contributed by atoms with E-state index < -0.39 is 6.10 Å². The molecule has 0 radical (unpaired) electrons. The van der Waals surface area contributed by atoms with E-state index in [-0.39, 0.29) is 0 Å². The highest BCUT2D eigenvalue weighted by Gasteiger charge is 2.17. The maximum Gasteiger partial charge on any atom is 0.115 e. The van der Waals surface area contributed by atoms with Crippen molar-refractivity contribution < 1.29 is 5.11 Å². The third-order valence-corrected chi connectivity index (χ3v) is 4.85. The number of hydrogen-bond acceptors (Lipinski definition) is 2. The molecule has 84 valence electrons. The molecule has 0 saturated carbocycles. The molecule has 1 N–H and O–H groups in total. The van der Waals surface area contributed by atoms with Gasteiger partial charge in [0, 0.05) is 8.95 Å². The summed E-state index contributed by atoms with van der Waals surface area (Å²) in [6, 6.07) is 7.90. The summed E-state index contributed by atoms with van der Waals surface area (Å²) in [4.78, 5) is 0.946. The van der Waals surface area contributed by atoms with Crippen LogP contribution in [0, 0.1) is 6.92 Å². The summed E-state index contributed by atoms with van der Waals surface area (Å²) in [5.41, 5.74) is 2.04. The summed E-state index contributed by atoms with van der Waals surface area (Å²) >= 11 is 8.43. The molecule has 0 fully saturated rings. The molecule has 1 atom stereocenters. The van der Waals surface area contributed by atoms with Crippen LogP contribution in [0.3, 0.4) is 0 Å². The molecule has 1 nitrogen and oxygen atoms in total. The molecule has 1 heterocycles. The normalized spacial score (nSPS) is 12.8. The van der Waals surface area contributed by atoms with Gasteiger partial charge in [0.05, 0.1) is 4.88 Å². The van der Waals surface area contributed by atoms with E-state index in [1.165, 1.54) is 0 Å². The van der Waals surface area contributed by atoms with Crippen molar-refractivity contribution in [3.8, 4) is 0 Å². The Morgan fingerprint density at radius 1 is 1.25 bits per heavy atom. The second-order valence-electron chi connectivity index (χ2n) is 3.54. The third-order valence-electron chi connectivity index (χ3n) is 2.43. The molecule has 1 unspecified atom stereocenters. The topological polar surface area (TPSA) is 20.2 Å². The molecule has 0 saturated heterocycles. The molecule has 1 aromatic heterocycles. The fourth-order valence-electron chi connectivity index (χ4n) is 1.55. The van der Waals surface area contributed by atoms with E-state index in [2.05, 4.69) is 31.9 Å². The maximum absolute atomic E-state index is 10.3. The van der Waals surface area contributed by atoms with Crippen LogP contribution in [0.4, 0.5) is 0 Å². The lowest BCUT2D eigenvalue weighted by molar-refractivity contribution is 0.222. The van der Waals surface area contributed by atoms with Crippen molar-refractivity contribution in [3.05, 3.63) is 54.6 Å². The van der Waals surface area contributed by atoms with E-state index in [4.69, 9.17) is 0 Å². The van der Waals surface area contributed by atoms with Crippen molar-refractivity contribution in [2.75, 3.05) is 0 Å². The minimum atomic E-state index is -0.563. The monoisotopic (exact) mass is 360 g/mol. The molecular formula is C12H10Br2OS. The number of rotatable bonds is 2. The van der Waals surface area contributed by atoms with Crippen molar-refractivity contribution in [3.63, 3.8) is 0 Å².